The van der Waals surface area contributed by atoms with E-state index in [0.717, 1.165) is 54.2 Å². The minimum Gasteiger partial charge on any atom is -0.477 e. The first-order valence-corrected chi connectivity index (χ1v) is 10.5. The Kier molecular flexibility index (Phi) is 5.25. The number of aryl methyl sites for hydroxylation is 1. The van der Waals surface area contributed by atoms with Gasteiger partial charge in [-0.3, -0.25) is 0 Å². The number of anilines is 2. The van der Waals surface area contributed by atoms with Crippen molar-refractivity contribution in [2.24, 2.45) is 5.73 Å². The largest absolute Gasteiger partial charge is 0.477 e. The number of nitrogens with zero attached hydrogens (tertiary/aromatic N) is 2. The van der Waals surface area contributed by atoms with Gasteiger partial charge < -0.3 is 21.5 Å². The lowest BCUT2D eigenvalue weighted by molar-refractivity contribution is 0.0703. The molecular formula is C22H24N4O2S. The first-order valence-electron chi connectivity index (χ1n) is 9.64. The molecule has 1 saturated heterocycles. The number of carbonyl (C=O) groups is 1. The number of benzene rings is 1. The Morgan fingerprint density at radius 2 is 1.93 bits per heavy atom. The number of nitrogens with two attached hydrogens (primary N) is 2. The fourth-order valence-electron chi connectivity index (χ4n) is 3.58. The number of carboxylic acid groups (broad SMARTS) is 1. The molecule has 0 bridgehead atoms. The van der Waals surface area contributed by atoms with Crippen LogP contribution < -0.4 is 16.4 Å². The summed E-state index contributed by atoms with van der Waals surface area (Å²) < 4.78 is 0. The minimum absolute atomic E-state index is 0.135. The van der Waals surface area contributed by atoms with Crippen LogP contribution in [0.15, 0.2) is 30.3 Å². The molecule has 2 aromatic heterocycles. The highest BCUT2D eigenvalue weighted by molar-refractivity contribution is 7.21. The van der Waals surface area contributed by atoms with E-state index >= 15 is 0 Å². The maximum atomic E-state index is 11.6. The number of hydrogen-bond acceptors (Lipinski definition) is 6. The Labute approximate surface area is 173 Å². The van der Waals surface area contributed by atoms with E-state index in [9.17, 15) is 9.90 Å². The topological polar surface area (TPSA) is 105 Å². The van der Waals surface area contributed by atoms with Crippen LogP contribution in [-0.4, -0.2) is 35.2 Å². The molecule has 3 aromatic rings. The third-order valence-electron chi connectivity index (χ3n) is 5.31. The number of carboxylic acids is 1. The molecule has 0 aliphatic carbocycles. The summed E-state index contributed by atoms with van der Waals surface area (Å²) in [6, 6.07) is 10.5. The van der Waals surface area contributed by atoms with E-state index in [1.165, 1.54) is 5.56 Å². The Balaban J connectivity index is 1.80. The minimum atomic E-state index is -1.02. The van der Waals surface area contributed by atoms with Crippen molar-refractivity contribution in [3.63, 3.8) is 0 Å². The van der Waals surface area contributed by atoms with Crippen LogP contribution in [0.1, 0.15) is 39.2 Å². The Morgan fingerprint density at radius 3 is 2.59 bits per heavy atom. The quantitative estimate of drug-likeness (QED) is 0.603. The lowest BCUT2D eigenvalue weighted by atomic mass is 10.0. The number of aromatic carboxylic acids is 1. The van der Waals surface area contributed by atoms with Crippen molar-refractivity contribution in [2.45, 2.75) is 25.8 Å². The molecule has 0 atom stereocenters. The number of piperidine rings is 1. The molecule has 1 aromatic carbocycles. The summed E-state index contributed by atoms with van der Waals surface area (Å²) in [4.78, 5) is 19.3. The maximum absolute atomic E-state index is 11.6. The fourth-order valence-corrected chi connectivity index (χ4v) is 4.54. The molecule has 3 heterocycles. The van der Waals surface area contributed by atoms with Gasteiger partial charge in [0.15, 0.2) is 0 Å². The number of aromatic nitrogens is 1. The van der Waals surface area contributed by atoms with Crippen molar-refractivity contribution < 1.29 is 9.90 Å². The van der Waals surface area contributed by atoms with E-state index in [2.05, 4.69) is 36.1 Å². The van der Waals surface area contributed by atoms with Gasteiger partial charge in [-0.15, -0.1) is 11.3 Å². The summed E-state index contributed by atoms with van der Waals surface area (Å²) in [5.74, 6) is -0.185. The summed E-state index contributed by atoms with van der Waals surface area (Å²) >= 11 is 1.13. The zero-order valence-electron chi connectivity index (χ0n) is 16.3. The Morgan fingerprint density at radius 1 is 1.24 bits per heavy atom. The molecule has 7 heteroatoms. The highest BCUT2D eigenvalue weighted by atomic mass is 32.1. The summed E-state index contributed by atoms with van der Waals surface area (Å²) in [5, 5.41) is 10.2. The molecule has 0 radical (unpaired) electrons. The number of rotatable bonds is 4. The number of pyridine rings is 1. The van der Waals surface area contributed by atoms with Gasteiger partial charge in [-0.05, 0) is 37.0 Å². The van der Waals surface area contributed by atoms with Crippen LogP contribution in [-0.2, 0) is 0 Å². The van der Waals surface area contributed by atoms with E-state index in [1.807, 2.05) is 18.2 Å². The first-order chi connectivity index (χ1) is 13.9. The van der Waals surface area contributed by atoms with Gasteiger partial charge in [-0.2, -0.15) is 0 Å². The van der Waals surface area contributed by atoms with Gasteiger partial charge in [0.25, 0.3) is 0 Å². The van der Waals surface area contributed by atoms with Crippen LogP contribution in [0.25, 0.3) is 22.4 Å². The summed E-state index contributed by atoms with van der Waals surface area (Å²) in [6.45, 7) is 3.73. The van der Waals surface area contributed by atoms with E-state index in [4.69, 9.17) is 16.5 Å². The van der Waals surface area contributed by atoms with Crippen molar-refractivity contribution in [2.75, 3.05) is 23.7 Å². The molecule has 0 unspecified atom stereocenters. The van der Waals surface area contributed by atoms with Gasteiger partial charge in [0, 0.05) is 24.5 Å². The molecule has 150 valence electrons. The number of fused-ring (bicyclic) bond motifs is 1. The maximum Gasteiger partial charge on any atom is 0.348 e. The van der Waals surface area contributed by atoms with Gasteiger partial charge >= 0.3 is 5.97 Å². The smallest absolute Gasteiger partial charge is 0.348 e. The normalized spacial score (nSPS) is 15.4. The molecule has 5 N–H and O–H groups in total. The molecule has 1 aliphatic rings. The van der Waals surface area contributed by atoms with Crippen LogP contribution in [0, 0.1) is 6.92 Å². The average molecular weight is 409 g/mol. The molecule has 0 spiro atoms. The SMILES string of the molecule is Cc1ccc(/C=C/c2cc(N3CCC(N)CC3)nc3sc(C(=O)O)c(N)c23)cc1. The predicted molar refractivity (Wildman–Crippen MR) is 121 cm³/mol. The van der Waals surface area contributed by atoms with Crippen molar-refractivity contribution in [1.29, 1.82) is 0 Å². The van der Waals surface area contributed by atoms with Crippen molar-refractivity contribution in [3.8, 4) is 0 Å². The van der Waals surface area contributed by atoms with Gasteiger partial charge in [-0.25, -0.2) is 9.78 Å². The molecule has 4 rings (SSSR count). The van der Waals surface area contributed by atoms with Crippen LogP contribution in [0.5, 0.6) is 0 Å². The highest BCUT2D eigenvalue weighted by Gasteiger charge is 2.22. The van der Waals surface area contributed by atoms with Gasteiger partial charge in [0.2, 0.25) is 0 Å². The van der Waals surface area contributed by atoms with Crippen LogP contribution in [0.2, 0.25) is 0 Å². The predicted octanol–water partition coefficient (Wildman–Crippen LogP) is 3.98. The molecule has 29 heavy (non-hydrogen) atoms. The van der Waals surface area contributed by atoms with E-state index in [0.29, 0.717) is 10.2 Å². The number of thiophene rings is 1. The summed E-state index contributed by atoms with van der Waals surface area (Å²) in [7, 11) is 0. The third kappa shape index (κ3) is 3.97. The molecule has 6 nitrogen and oxygen atoms in total. The number of hydrogen-bond donors (Lipinski definition) is 3. The molecular weight excluding hydrogens is 384 g/mol. The van der Waals surface area contributed by atoms with E-state index in [-0.39, 0.29) is 16.6 Å². The first kappa shape index (κ1) is 19.4. The van der Waals surface area contributed by atoms with Crippen LogP contribution in [0.3, 0.4) is 0 Å². The second-order valence-corrected chi connectivity index (χ2v) is 8.47. The van der Waals surface area contributed by atoms with E-state index < -0.39 is 5.97 Å². The fraction of sp³-hybridized carbons (Fsp3) is 0.273. The zero-order valence-corrected chi connectivity index (χ0v) is 17.1. The summed E-state index contributed by atoms with van der Waals surface area (Å²) in [6.07, 6.45) is 5.84. The Bertz CT molecular complexity index is 1080. The average Bonchev–Trinajstić information content (AvgIpc) is 3.05. The lowest BCUT2D eigenvalue weighted by Gasteiger charge is -2.31. The summed E-state index contributed by atoms with van der Waals surface area (Å²) in [5.41, 5.74) is 15.7. The van der Waals surface area contributed by atoms with Crippen LogP contribution >= 0.6 is 11.3 Å². The lowest BCUT2D eigenvalue weighted by Crippen LogP contribution is -2.40. The molecule has 0 saturated carbocycles. The van der Waals surface area contributed by atoms with Gasteiger partial charge in [0.05, 0.1) is 5.69 Å². The third-order valence-corrected chi connectivity index (χ3v) is 6.39. The van der Waals surface area contributed by atoms with Crippen molar-refractivity contribution in [1.82, 2.24) is 4.98 Å². The Hall–Kier alpha value is -2.90. The van der Waals surface area contributed by atoms with Gasteiger partial charge in [-0.1, -0.05) is 42.0 Å². The number of nitrogen functional groups attached to an aromatic ring is 1. The van der Waals surface area contributed by atoms with Crippen LogP contribution in [0.4, 0.5) is 11.5 Å². The zero-order chi connectivity index (χ0) is 20.5. The highest BCUT2D eigenvalue weighted by Crippen LogP contribution is 2.38. The standard InChI is InChI=1S/C22H24N4O2S/c1-13-2-4-14(5-3-13)6-7-15-12-17(26-10-8-16(23)9-11-26)25-21-18(15)19(24)20(29-21)22(27)28/h2-7,12,16H,8-11,23-24H2,1H3,(H,27,28)/b7-6+. The monoisotopic (exact) mass is 408 g/mol. The van der Waals surface area contributed by atoms with Gasteiger partial charge in [0.1, 0.15) is 15.5 Å². The second-order valence-electron chi connectivity index (χ2n) is 7.47. The molecule has 1 fully saturated rings. The molecule has 0 amide bonds. The second kappa shape index (κ2) is 7.85. The van der Waals surface area contributed by atoms with Crippen molar-refractivity contribution >= 4 is 51.2 Å². The van der Waals surface area contributed by atoms with E-state index in [1.54, 1.807) is 0 Å². The van der Waals surface area contributed by atoms with Crippen molar-refractivity contribution in [3.05, 3.63) is 51.9 Å². The molecule has 1 aliphatic heterocycles.